The summed E-state index contributed by atoms with van der Waals surface area (Å²) < 4.78 is 5.33. The van der Waals surface area contributed by atoms with Crippen LogP contribution in [0, 0.1) is 5.41 Å². The normalized spacial score (nSPS) is 19.6. The van der Waals surface area contributed by atoms with Crippen molar-refractivity contribution in [2.45, 2.75) is 45.1 Å². The maximum absolute atomic E-state index is 12.7. The van der Waals surface area contributed by atoms with Gasteiger partial charge in [0.05, 0.1) is 13.2 Å². The fraction of sp³-hybridized carbons (Fsp3) is 0.600. The Balaban J connectivity index is 1.54. The van der Waals surface area contributed by atoms with Crippen molar-refractivity contribution >= 4 is 11.8 Å². The molecule has 1 heterocycles. The van der Waals surface area contributed by atoms with Crippen LogP contribution in [-0.2, 0) is 20.9 Å². The first-order valence-electron chi connectivity index (χ1n) is 9.33. The van der Waals surface area contributed by atoms with Gasteiger partial charge in [-0.1, -0.05) is 43.2 Å². The summed E-state index contributed by atoms with van der Waals surface area (Å²) in [6.45, 7) is 3.14. The molecule has 5 heteroatoms. The molecule has 1 aromatic carbocycles. The van der Waals surface area contributed by atoms with Gasteiger partial charge in [0.2, 0.25) is 11.8 Å². The Morgan fingerprint density at radius 1 is 1.04 bits per heavy atom. The number of benzene rings is 1. The largest absolute Gasteiger partial charge is 0.378 e. The number of ether oxygens (including phenoxy) is 1. The van der Waals surface area contributed by atoms with Crippen molar-refractivity contribution in [3.63, 3.8) is 0 Å². The number of hydrogen-bond donors (Lipinski definition) is 1. The van der Waals surface area contributed by atoms with Crippen molar-refractivity contribution in [1.29, 1.82) is 0 Å². The number of morpholine rings is 1. The number of carbonyl (C=O) groups excluding carboxylic acids is 2. The minimum atomic E-state index is -0.157. The third-order valence-corrected chi connectivity index (χ3v) is 5.42. The highest BCUT2D eigenvalue weighted by atomic mass is 16.5. The van der Waals surface area contributed by atoms with Crippen molar-refractivity contribution in [2.24, 2.45) is 5.41 Å². The summed E-state index contributed by atoms with van der Waals surface area (Å²) in [5, 5.41) is 3.02. The van der Waals surface area contributed by atoms with Gasteiger partial charge >= 0.3 is 0 Å². The minimum Gasteiger partial charge on any atom is -0.378 e. The molecule has 0 aromatic heterocycles. The molecule has 0 spiro atoms. The van der Waals surface area contributed by atoms with Crippen LogP contribution in [0.5, 0.6) is 0 Å². The van der Waals surface area contributed by atoms with Crippen LogP contribution in [0.3, 0.4) is 0 Å². The second-order valence-corrected chi connectivity index (χ2v) is 7.32. The summed E-state index contributed by atoms with van der Waals surface area (Å²) in [4.78, 5) is 27.0. The highest BCUT2D eigenvalue weighted by molar-refractivity contribution is 5.80. The Kier molecular flexibility index (Phi) is 6.08. The summed E-state index contributed by atoms with van der Waals surface area (Å²) in [6.07, 6.45) is 5.12. The molecule has 0 atom stereocenters. The van der Waals surface area contributed by atoms with Gasteiger partial charge in [-0.25, -0.2) is 0 Å². The molecule has 5 nitrogen and oxygen atoms in total. The van der Waals surface area contributed by atoms with E-state index in [4.69, 9.17) is 4.74 Å². The molecular weight excluding hydrogens is 316 g/mol. The molecule has 2 amide bonds. The lowest BCUT2D eigenvalue weighted by Crippen LogP contribution is -2.43. The van der Waals surface area contributed by atoms with Crippen molar-refractivity contribution < 1.29 is 14.3 Å². The second kappa shape index (κ2) is 8.48. The van der Waals surface area contributed by atoms with Crippen LogP contribution >= 0.6 is 0 Å². The zero-order valence-corrected chi connectivity index (χ0v) is 14.8. The number of nitrogens with one attached hydrogen (secondary N) is 1. The molecule has 3 rings (SSSR count). The molecule has 2 fully saturated rings. The van der Waals surface area contributed by atoms with E-state index in [0.717, 1.165) is 31.2 Å². The van der Waals surface area contributed by atoms with Gasteiger partial charge in [-0.05, 0) is 23.8 Å². The Hall–Kier alpha value is -1.88. The predicted molar refractivity (Wildman–Crippen MR) is 95.8 cm³/mol. The molecule has 1 aliphatic heterocycles. The third kappa shape index (κ3) is 5.05. The fourth-order valence-corrected chi connectivity index (χ4v) is 3.99. The molecule has 0 radical (unpaired) electrons. The van der Waals surface area contributed by atoms with Crippen LogP contribution in [0.1, 0.15) is 44.1 Å². The lowest BCUT2D eigenvalue weighted by atomic mass is 9.78. The summed E-state index contributed by atoms with van der Waals surface area (Å²) in [6, 6.07) is 9.93. The topological polar surface area (TPSA) is 58.6 Å². The minimum absolute atomic E-state index is 0.0560. The maximum atomic E-state index is 12.7. The average molecular weight is 344 g/mol. The monoisotopic (exact) mass is 344 g/mol. The predicted octanol–water partition coefficient (Wildman–Crippen LogP) is 2.50. The van der Waals surface area contributed by atoms with Gasteiger partial charge in [0, 0.05) is 32.5 Å². The molecule has 1 N–H and O–H groups in total. The number of hydrogen-bond acceptors (Lipinski definition) is 3. The van der Waals surface area contributed by atoms with Crippen LogP contribution in [0.2, 0.25) is 0 Å². The molecule has 136 valence electrons. The van der Waals surface area contributed by atoms with Gasteiger partial charge in [-0.2, -0.15) is 0 Å². The molecule has 0 unspecified atom stereocenters. The molecule has 2 aliphatic rings. The van der Waals surface area contributed by atoms with Crippen molar-refractivity contribution in [2.75, 3.05) is 26.3 Å². The molecule has 25 heavy (non-hydrogen) atoms. The van der Waals surface area contributed by atoms with Gasteiger partial charge in [-0.15, -0.1) is 0 Å². The molecule has 1 saturated carbocycles. The van der Waals surface area contributed by atoms with E-state index in [2.05, 4.69) is 5.32 Å². The van der Waals surface area contributed by atoms with Gasteiger partial charge in [0.25, 0.3) is 0 Å². The lowest BCUT2D eigenvalue weighted by molar-refractivity contribution is -0.138. The summed E-state index contributed by atoms with van der Waals surface area (Å²) in [7, 11) is 0. The summed E-state index contributed by atoms with van der Waals surface area (Å²) in [5.74, 6) is 0.238. The Labute approximate surface area is 149 Å². The van der Waals surface area contributed by atoms with E-state index >= 15 is 0 Å². The van der Waals surface area contributed by atoms with Crippen LogP contribution in [-0.4, -0.2) is 43.0 Å². The van der Waals surface area contributed by atoms with Crippen LogP contribution in [0.25, 0.3) is 0 Å². The zero-order valence-electron chi connectivity index (χ0n) is 14.8. The van der Waals surface area contributed by atoms with Crippen molar-refractivity contribution in [3.8, 4) is 0 Å². The van der Waals surface area contributed by atoms with E-state index in [9.17, 15) is 9.59 Å². The number of carbonyl (C=O) groups is 2. The van der Waals surface area contributed by atoms with E-state index in [0.29, 0.717) is 45.7 Å². The summed E-state index contributed by atoms with van der Waals surface area (Å²) >= 11 is 0. The van der Waals surface area contributed by atoms with Gasteiger partial charge in [0.15, 0.2) is 0 Å². The van der Waals surface area contributed by atoms with E-state index < -0.39 is 0 Å². The quantitative estimate of drug-likeness (QED) is 0.863. The van der Waals surface area contributed by atoms with Gasteiger partial charge in [0.1, 0.15) is 0 Å². The summed E-state index contributed by atoms with van der Waals surface area (Å²) in [5.41, 5.74) is 0.941. The van der Waals surface area contributed by atoms with Crippen molar-refractivity contribution in [3.05, 3.63) is 35.9 Å². The van der Waals surface area contributed by atoms with E-state index in [-0.39, 0.29) is 17.2 Å². The second-order valence-electron chi connectivity index (χ2n) is 7.32. The van der Waals surface area contributed by atoms with Crippen molar-refractivity contribution in [1.82, 2.24) is 10.2 Å². The molecule has 1 aromatic rings. The highest BCUT2D eigenvalue weighted by Gasteiger charge is 2.39. The molecule has 1 saturated heterocycles. The third-order valence-electron chi connectivity index (χ3n) is 5.42. The Bertz CT molecular complexity index is 576. The smallest absolute Gasteiger partial charge is 0.223 e. The van der Waals surface area contributed by atoms with E-state index in [1.54, 1.807) is 0 Å². The number of nitrogens with zero attached hydrogens (tertiary/aromatic N) is 1. The average Bonchev–Trinajstić information content (AvgIpc) is 3.09. The molecular formula is C20H28N2O3. The standard InChI is InChI=1S/C20H28N2O3/c23-18(21-16-17-6-2-1-3-7-17)14-20(8-4-5-9-20)15-19(24)22-10-12-25-13-11-22/h1-3,6-7H,4-5,8-16H2,(H,21,23). The Morgan fingerprint density at radius 3 is 2.40 bits per heavy atom. The molecule has 1 aliphatic carbocycles. The first-order valence-corrected chi connectivity index (χ1v) is 9.33. The first kappa shape index (κ1) is 17.9. The van der Waals surface area contributed by atoms with Crippen LogP contribution in [0.4, 0.5) is 0 Å². The molecule has 0 bridgehead atoms. The van der Waals surface area contributed by atoms with Crippen LogP contribution in [0.15, 0.2) is 30.3 Å². The number of amides is 2. The first-order chi connectivity index (χ1) is 12.2. The number of rotatable bonds is 6. The maximum Gasteiger partial charge on any atom is 0.223 e. The van der Waals surface area contributed by atoms with E-state index in [1.165, 1.54) is 0 Å². The van der Waals surface area contributed by atoms with Gasteiger partial charge in [-0.3, -0.25) is 9.59 Å². The van der Waals surface area contributed by atoms with E-state index in [1.807, 2.05) is 35.2 Å². The van der Waals surface area contributed by atoms with Crippen LogP contribution < -0.4 is 5.32 Å². The SMILES string of the molecule is O=C(CC1(CC(=O)N2CCOCC2)CCCC1)NCc1ccccc1. The van der Waals surface area contributed by atoms with Gasteiger partial charge < -0.3 is 15.0 Å². The lowest BCUT2D eigenvalue weighted by Gasteiger charge is -2.33. The zero-order chi connectivity index (χ0) is 17.5. The Morgan fingerprint density at radius 2 is 1.72 bits per heavy atom. The highest BCUT2D eigenvalue weighted by Crippen LogP contribution is 2.44. The fourth-order valence-electron chi connectivity index (χ4n) is 3.99.